The average Bonchev–Trinajstić information content (AvgIpc) is 1.53. The maximum atomic E-state index is 6.41. The second-order valence-electron chi connectivity index (χ2n) is 35.6. The molecule has 4 heteroatoms. The quantitative estimate of drug-likeness (QED) is 0.0910. The van der Waals surface area contributed by atoms with Gasteiger partial charge in [-0.05, 0) is 247 Å². The molecular formula is C132H88N2O2. The molecule has 2 heterocycles. The van der Waals surface area contributed by atoms with E-state index in [0.29, 0.717) is 0 Å². The molecule has 0 amide bonds. The third kappa shape index (κ3) is 13.8. The van der Waals surface area contributed by atoms with Crippen LogP contribution in [-0.2, 0) is 10.8 Å². The van der Waals surface area contributed by atoms with Crippen LogP contribution in [0, 0.1) is 0 Å². The van der Waals surface area contributed by atoms with Crippen LogP contribution in [-0.4, -0.2) is 0 Å². The number of para-hydroxylation sites is 3. The Bertz CT molecular complexity index is 8540. The molecule has 2 aromatic heterocycles. The molecule has 0 atom stereocenters. The molecular weight excluding hydrogens is 1650 g/mol. The Labute approximate surface area is 791 Å². The topological polar surface area (TPSA) is 32.8 Å². The predicted molar refractivity (Wildman–Crippen MR) is 567 cm³/mol. The number of hydrogen-bond donors (Lipinski definition) is 0. The Kier molecular flexibility index (Phi) is 20.0. The molecule has 638 valence electrons. The third-order valence-electron chi connectivity index (χ3n) is 28.1. The van der Waals surface area contributed by atoms with Gasteiger partial charge in [0, 0.05) is 55.4 Å². The van der Waals surface area contributed by atoms with E-state index in [1.54, 1.807) is 0 Å². The van der Waals surface area contributed by atoms with Crippen LogP contribution in [0.5, 0.6) is 0 Å². The summed E-state index contributed by atoms with van der Waals surface area (Å²) in [5.74, 6) is 0. The summed E-state index contributed by atoms with van der Waals surface area (Å²) in [7, 11) is 0. The molecule has 0 bridgehead atoms. The van der Waals surface area contributed by atoms with Crippen molar-refractivity contribution in [2.75, 3.05) is 9.80 Å². The van der Waals surface area contributed by atoms with Gasteiger partial charge >= 0.3 is 0 Å². The van der Waals surface area contributed by atoms with Gasteiger partial charge in [0.15, 0.2) is 0 Å². The molecule has 0 fully saturated rings. The molecule has 24 aromatic rings. The minimum Gasteiger partial charge on any atom is -0.456 e. The lowest BCUT2D eigenvalue weighted by Crippen LogP contribution is -2.28. The van der Waals surface area contributed by atoms with Crippen molar-refractivity contribution in [3.63, 3.8) is 0 Å². The van der Waals surface area contributed by atoms with Crippen LogP contribution >= 0.6 is 0 Å². The molecule has 0 saturated heterocycles. The van der Waals surface area contributed by atoms with Crippen LogP contribution in [0.25, 0.3) is 155 Å². The Morgan fingerprint density at radius 2 is 0.456 bits per heavy atom. The largest absolute Gasteiger partial charge is 0.456 e. The molecule has 4 nitrogen and oxygen atoms in total. The summed E-state index contributed by atoms with van der Waals surface area (Å²) in [5.41, 5.74) is 40.4. The zero-order valence-electron chi connectivity index (χ0n) is 74.5. The second kappa shape index (κ2) is 33.9. The number of furan rings is 2. The van der Waals surface area contributed by atoms with Crippen molar-refractivity contribution in [2.45, 2.75) is 10.8 Å². The molecule has 0 saturated carbocycles. The van der Waals surface area contributed by atoms with Crippen molar-refractivity contribution in [3.05, 3.63) is 578 Å². The highest BCUT2D eigenvalue weighted by Gasteiger charge is 2.49. The highest BCUT2D eigenvalue weighted by Crippen LogP contribution is 2.62. The van der Waals surface area contributed by atoms with Gasteiger partial charge in [-0.3, -0.25) is 0 Å². The van der Waals surface area contributed by atoms with Crippen LogP contribution in [0.2, 0.25) is 0 Å². The maximum absolute atomic E-state index is 6.41. The van der Waals surface area contributed by atoms with Crippen molar-refractivity contribution in [1.82, 2.24) is 0 Å². The number of nitrogens with zero attached hydrogens (tertiary/aromatic N) is 2. The summed E-state index contributed by atoms with van der Waals surface area (Å²) in [6, 6.07) is 194. The van der Waals surface area contributed by atoms with E-state index in [1.165, 1.54) is 122 Å². The molecule has 26 rings (SSSR count). The summed E-state index contributed by atoms with van der Waals surface area (Å²) in [5, 5.41) is 7.01. The number of fused-ring (bicyclic) bond motifs is 13. The van der Waals surface area contributed by atoms with Crippen molar-refractivity contribution in [2.24, 2.45) is 0 Å². The zero-order valence-corrected chi connectivity index (χ0v) is 74.5. The fraction of sp³-hybridized carbons (Fsp3) is 0.0152. The van der Waals surface area contributed by atoms with Gasteiger partial charge < -0.3 is 18.6 Å². The van der Waals surface area contributed by atoms with Gasteiger partial charge in [0.05, 0.1) is 22.2 Å². The minimum absolute atomic E-state index is 0.516. The fourth-order valence-electron chi connectivity index (χ4n) is 21.9. The first kappa shape index (κ1) is 80.4. The molecule has 136 heavy (non-hydrogen) atoms. The summed E-state index contributed by atoms with van der Waals surface area (Å²) < 4.78 is 12.8. The van der Waals surface area contributed by atoms with E-state index in [4.69, 9.17) is 8.83 Å². The summed E-state index contributed by atoms with van der Waals surface area (Å²) in [4.78, 5) is 4.89. The Hall–Kier alpha value is -17.7. The van der Waals surface area contributed by atoms with E-state index in [0.717, 1.165) is 111 Å². The lowest BCUT2D eigenvalue weighted by Gasteiger charge is -2.34. The number of rotatable bonds is 17. The van der Waals surface area contributed by atoms with Gasteiger partial charge in [-0.1, -0.05) is 431 Å². The summed E-state index contributed by atoms with van der Waals surface area (Å²) in [6.45, 7) is 0. The third-order valence-corrected chi connectivity index (χ3v) is 28.1. The van der Waals surface area contributed by atoms with Crippen LogP contribution in [0.4, 0.5) is 34.1 Å². The molecule has 0 spiro atoms. The van der Waals surface area contributed by atoms with Gasteiger partial charge in [-0.2, -0.15) is 0 Å². The molecule has 0 aliphatic heterocycles. The first-order chi connectivity index (χ1) is 67.4. The van der Waals surface area contributed by atoms with Crippen molar-refractivity contribution >= 4 is 88.8 Å². The van der Waals surface area contributed by atoms with E-state index >= 15 is 0 Å². The van der Waals surface area contributed by atoms with Crippen molar-refractivity contribution in [3.8, 4) is 100 Å². The molecule has 0 radical (unpaired) electrons. The van der Waals surface area contributed by atoms with Gasteiger partial charge in [0.1, 0.15) is 22.3 Å². The Balaban J connectivity index is 0.000000146. The van der Waals surface area contributed by atoms with Crippen LogP contribution in [0.15, 0.2) is 543 Å². The average molecular weight is 1730 g/mol. The number of benzene rings is 22. The smallest absolute Gasteiger partial charge is 0.136 e. The zero-order chi connectivity index (χ0) is 90.0. The van der Waals surface area contributed by atoms with Gasteiger partial charge in [-0.15, -0.1) is 0 Å². The molecule has 2 aliphatic carbocycles. The van der Waals surface area contributed by atoms with E-state index in [9.17, 15) is 0 Å². The Morgan fingerprint density at radius 1 is 0.154 bits per heavy atom. The number of hydrogen-bond acceptors (Lipinski definition) is 4. The molecule has 0 unspecified atom stereocenters. The highest BCUT2D eigenvalue weighted by molar-refractivity contribution is 6.09. The standard InChI is InChI=1S/C71H47NO.C61H41NO/c1-3-20-56(21-4-1)71(57-22-5-2-6-23-57)65-29-12-9-27-64(65)70-63(28-16-30-66(70)71)60-25-10-13-31-67(60)72(59-24-15-19-53(46-59)55-41-44-62-61-26-11-14-32-68(61)73-69(62)47-55)58-42-39-50(40-43-58)49-33-35-51(36-34-49)54-38-37-48-17-7-8-18-52(48)45-54;1-4-16-42(17-5-1)43-30-32-44(33-31-43)45-34-37-50(38-35-45)62(51-23-14-18-46(40-51)47-36-39-53-52-24-11-13-29-58(52)63-59(53)41-47)57-28-15-27-56-60(57)54-25-10-12-26-55(54)61(56,48-19-6-2-7-20-48)49-21-8-3-9-22-49/h1-47H;1-41H. The lowest BCUT2D eigenvalue weighted by atomic mass is 9.67. The van der Waals surface area contributed by atoms with Crippen LogP contribution in [0.1, 0.15) is 44.5 Å². The predicted octanol–water partition coefficient (Wildman–Crippen LogP) is 35.7. The monoisotopic (exact) mass is 1730 g/mol. The van der Waals surface area contributed by atoms with Crippen molar-refractivity contribution < 1.29 is 8.83 Å². The lowest BCUT2D eigenvalue weighted by molar-refractivity contribution is 0.668. The minimum atomic E-state index is -0.518. The van der Waals surface area contributed by atoms with Gasteiger partial charge in [0.25, 0.3) is 0 Å². The highest BCUT2D eigenvalue weighted by atomic mass is 16.3. The fourth-order valence-corrected chi connectivity index (χ4v) is 21.9. The Morgan fingerprint density at radius 3 is 0.949 bits per heavy atom. The SMILES string of the molecule is c1ccc(-c2ccc(-c3ccc(N(c4cccc(-c5ccc6c(c5)oc5ccccc56)c4)c4cccc5c4-c4ccccc4C5(c4ccccc4)c4ccccc4)cc3)cc2)cc1.c1ccc(C2(c3ccccc3)c3ccccc3-c3c(-c4ccccc4N(c4ccc(-c5ccc(-c6ccc7ccccc7c6)cc5)cc4)c4cccc(-c5ccc6c(c5)oc5ccccc56)c4)cccc32)cc1. The van der Waals surface area contributed by atoms with Gasteiger partial charge in [-0.25, -0.2) is 0 Å². The molecule has 0 N–H and O–H groups in total. The summed E-state index contributed by atoms with van der Waals surface area (Å²) >= 11 is 0. The van der Waals surface area contributed by atoms with Crippen LogP contribution < -0.4 is 9.80 Å². The molecule has 2 aliphatic rings. The first-order valence-corrected chi connectivity index (χ1v) is 46.8. The van der Waals surface area contributed by atoms with E-state index in [1.807, 2.05) is 24.3 Å². The van der Waals surface area contributed by atoms with E-state index in [2.05, 4.69) is 519 Å². The van der Waals surface area contributed by atoms with E-state index in [-0.39, 0.29) is 0 Å². The summed E-state index contributed by atoms with van der Waals surface area (Å²) in [6.07, 6.45) is 0. The van der Waals surface area contributed by atoms with E-state index < -0.39 is 10.8 Å². The molecule has 22 aromatic carbocycles. The number of anilines is 6. The van der Waals surface area contributed by atoms with Gasteiger partial charge in [0.2, 0.25) is 0 Å². The first-order valence-electron chi connectivity index (χ1n) is 46.8. The van der Waals surface area contributed by atoms with Crippen LogP contribution in [0.3, 0.4) is 0 Å². The second-order valence-corrected chi connectivity index (χ2v) is 35.6. The maximum Gasteiger partial charge on any atom is 0.136 e. The van der Waals surface area contributed by atoms with Crippen molar-refractivity contribution in [1.29, 1.82) is 0 Å². The normalized spacial score (nSPS) is 12.5.